The summed E-state index contributed by atoms with van der Waals surface area (Å²) in [5.41, 5.74) is 0.0248. The fourth-order valence-electron chi connectivity index (χ4n) is 0.922. The highest BCUT2D eigenvalue weighted by Crippen LogP contribution is 2.19. The summed E-state index contributed by atoms with van der Waals surface area (Å²) in [6.45, 7) is 0. The molecule has 0 spiro atoms. The summed E-state index contributed by atoms with van der Waals surface area (Å²) in [6, 6.07) is 3.37. The van der Waals surface area contributed by atoms with E-state index in [0.717, 1.165) is 19.2 Å². The van der Waals surface area contributed by atoms with E-state index in [1.807, 2.05) is 22.6 Å². The average molecular weight is 344 g/mol. The topological polar surface area (TPSA) is 60.4 Å². The lowest BCUT2D eigenvalue weighted by Crippen LogP contribution is -2.05. The van der Waals surface area contributed by atoms with Crippen molar-refractivity contribution in [3.63, 3.8) is 0 Å². The molecule has 0 bridgehead atoms. The normalized spacial score (nSPS) is 11.1. The van der Waals surface area contributed by atoms with E-state index in [2.05, 4.69) is 4.74 Å². The van der Waals surface area contributed by atoms with Gasteiger partial charge in [0.1, 0.15) is 0 Å². The highest BCUT2D eigenvalue weighted by Gasteiger charge is 2.17. The highest BCUT2D eigenvalue weighted by molar-refractivity contribution is 14.1. The van der Waals surface area contributed by atoms with Crippen LogP contribution in [0, 0.1) is 3.57 Å². The molecule has 0 unspecified atom stereocenters. The first-order valence-electron chi connectivity index (χ1n) is 3.69. The molecule has 1 rings (SSSR count). The molecule has 82 valence electrons. The van der Waals surface area contributed by atoms with Crippen molar-refractivity contribution in [1.82, 2.24) is 0 Å². The summed E-state index contributed by atoms with van der Waals surface area (Å²) < 4.78 is 38.7. The molecule has 0 atom stereocenters. The van der Waals surface area contributed by atoms with Gasteiger partial charge in [-0.3, -0.25) is 0 Å². The monoisotopic (exact) mass is 344 g/mol. The number of carbonyl (C=O) groups excluding carboxylic acids is 1. The number of hydrogen-bond donors (Lipinski definition) is 0. The molecule has 1 aromatic carbocycles. The van der Waals surface area contributed by atoms with E-state index in [9.17, 15) is 17.1 Å². The van der Waals surface area contributed by atoms with Gasteiger partial charge in [-0.25, -0.2) is 4.79 Å². The molecule has 0 amide bonds. The van der Waals surface area contributed by atoms with Crippen molar-refractivity contribution in [2.24, 2.45) is 0 Å². The number of esters is 1. The molecule has 0 aromatic heterocycles. The maximum atomic E-state index is 12.6. The summed E-state index contributed by atoms with van der Waals surface area (Å²) in [5.74, 6) is -0.704. The van der Waals surface area contributed by atoms with Crippen LogP contribution < -0.4 is 0 Å². The Morgan fingerprint density at radius 3 is 2.53 bits per heavy atom. The van der Waals surface area contributed by atoms with E-state index in [4.69, 9.17) is 0 Å². The lowest BCUT2D eigenvalue weighted by Gasteiger charge is -2.03. The standard InChI is InChI=1S/C8H6FIO4S/c1-14-8(11)6-4-5(15(9,12)13)2-3-7(6)10/h2-4H,1H3. The molecular formula is C8H6FIO4S. The van der Waals surface area contributed by atoms with Gasteiger partial charge in [-0.2, -0.15) is 8.42 Å². The van der Waals surface area contributed by atoms with Gasteiger partial charge in [-0.05, 0) is 40.8 Å². The second-order valence-electron chi connectivity index (χ2n) is 2.57. The van der Waals surface area contributed by atoms with E-state index >= 15 is 0 Å². The molecule has 15 heavy (non-hydrogen) atoms. The first-order valence-corrected chi connectivity index (χ1v) is 6.15. The predicted molar refractivity (Wildman–Crippen MR) is 58.8 cm³/mol. The molecule has 1 aromatic rings. The van der Waals surface area contributed by atoms with Gasteiger partial charge in [0, 0.05) is 3.57 Å². The molecule has 7 heteroatoms. The van der Waals surface area contributed by atoms with E-state index in [1.165, 1.54) is 6.07 Å². The Bertz CT molecular complexity index is 497. The van der Waals surface area contributed by atoms with E-state index in [0.29, 0.717) is 3.57 Å². The number of methoxy groups -OCH3 is 1. The lowest BCUT2D eigenvalue weighted by atomic mass is 10.2. The summed E-state index contributed by atoms with van der Waals surface area (Å²) in [7, 11) is -3.63. The van der Waals surface area contributed by atoms with Crippen LogP contribution in [0.3, 0.4) is 0 Å². The van der Waals surface area contributed by atoms with Crippen LogP contribution in [0.2, 0.25) is 0 Å². The number of benzene rings is 1. The number of ether oxygens (including phenoxy) is 1. The van der Waals surface area contributed by atoms with Crippen molar-refractivity contribution < 1.29 is 21.8 Å². The van der Waals surface area contributed by atoms with Gasteiger partial charge in [0.15, 0.2) is 0 Å². The summed E-state index contributed by atoms with van der Waals surface area (Å²) in [4.78, 5) is 10.6. The van der Waals surface area contributed by atoms with Gasteiger partial charge in [0.2, 0.25) is 0 Å². The van der Waals surface area contributed by atoms with Crippen molar-refractivity contribution >= 4 is 38.8 Å². The van der Waals surface area contributed by atoms with Gasteiger partial charge in [-0.15, -0.1) is 3.89 Å². The number of rotatable bonds is 2. The Hall–Kier alpha value is -0.700. The first kappa shape index (κ1) is 12.4. The zero-order valence-corrected chi connectivity index (χ0v) is 10.5. The van der Waals surface area contributed by atoms with Gasteiger partial charge in [-0.1, -0.05) is 0 Å². The van der Waals surface area contributed by atoms with Crippen LogP contribution in [-0.2, 0) is 15.0 Å². The fourth-order valence-corrected chi connectivity index (χ4v) is 1.97. The number of carbonyl (C=O) groups is 1. The highest BCUT2D eigenvalue weighted by atomic mass is 127. The first-order chi connectivity index (χ1) is 6.86. The van der Waals surface area contributed by atoms with Crippen LogP contribution in [-0.4, -0.2) is 21.5 Å². The van der Waals surface area contributed by atoms with Crippen molar-refractivity contribution in [2.75, 3.05) is 7.11 Å². The lowest BCUT2D eigenvalue weighted by molar-refractivity contribution is 0.0599. The molecule has 0 radical (unpaired) electrons. The predicted octanol–water partition coefficient (Wildman–Crippen LogP) is 1.74. The second-order valence-corrected chi connectivity index (χ2v) is 5.08. The molecule has 0 aliphatic heterocycles. The third kappa shape index (κ3) is 2.88. The second kappa shape index (κ2) is 4.44. The maximum absolute atomic E-state index is 12.6. The number of halogens is 2. The van der Waals surface area contributed by atoms with E-state index in [-0.39, 0.29) is 5.56 Å². The fraction of sp³-hybridized carbons (Fsp3) is 0.125. The van der Waals surface area contributed by atoms with Crippen LogP contribution >= 0.6 is 22.6 Å². The SMILES string of the molecule is COC(=O)c1cc(S(=O)(=O)F)ccc1I. The van der Waals surface area contributed by atoms with Crippen LogP contribution in [0.1, 0.15) is 10.4 Å². The third-order valence-electron chi connectivity index (χ3n) is 1.62. The van der Waals surface area contributed by atoms with Crippen molar-refractivity contribution in [2.45, 2.75) is 4.90 Å². The molecule has 0 aliphatic rings. The largest absolute Gasteiger partial charge is 0.465 e. The van der Waals surface area contributed by atoms with Gasteiger partial charge in [0.25, 0.3) is 0 Å². The molecule has 4 nitrogen and oxygen atoms in total. The molecule has 0 fully saturated rings. The maximum Gasteiger partial charge on any atom is 0.338 e. The Morgan fingerprint density at radius 1 is 1.47 bits per heavy atom. The summed E-state index contributed by atoms with van der Waals surface area (Å²) in [5, 5.41) is 0. The average Bonchev–Trinajstić information content (AvgIpc) is 2.15. The minimum absolute atomic E-state index is 0.0248. The Kier molecular flexibility index (Phi) is 3.66. The van der Waals surface area contributed by atoms with Crippen LogP contribution in [0.5, 0.6) is 0 Å². The van der Waals surface area contributed by atoms with Gasteiger partial charge < -0.3 is 4.74 Å². The molecule has 0 N–H and O–H groups in total. The van der Waals surface area contributed by atoms with Crippen molar-refractivity contribution in [3.8, 4) is 0 Å². The minimum atomic E-state index is -4.79. The smallest absolute Gasteiger partial charge is 0.338 e. The molecule has 0 saturated carbocycles. The Morgan fingerprint density at radius 2 is 2.07 bits per heavy atom. The molecule has 0 aliphatic carbocycles. The van der Waals surface area contributed by atoms with Crippen LogP contribution in [0.25, 0.3) is 0 Å². The third-order valence-corrected chi connectivity index (χ3v) is 3.38. The molecular weight excluding hydrogens is 338 g/mol. The number of hydrogen-bond acceptors (Lipinski definition) is 4. The molecule has 0 saturated heterocycles. The van der Waals surface area contributed by atoms with Crippen LogP contribution in [0.15, 0.2) is 23.1 Å². The Labute approximate surface area is 99.8 Å². The van der Waals surface area contributed by atoms with E-state index < -0.39 is 21.1 Å². The van der Waals surface area contributed by atoms with Gasteiger partial charge >= 0.3 is 16.2 Å². The van der Waals surface area contributed by atoms with E-state index in [1.54, 1.807) is 0 Å². The van der Waals surface area contributed by atoms with Crippen molar-refractivity contribution in [3.05, 3.63) is 27.3 Å². The Balaban J connectivity index is 3.36. The van der Waals surface area contributed by atoms with Gasteiger partial charge in [0.05, 0.1) is 17.6 Å². The zero-order valence-electron chi connectivity index (χ0n) is 7.53. The van der Waals surface area contributed by atoms with Crippen LogP contribution in [0.4, 0.5) is 3.89 Å². The summed E-state index contributed by atoms with van der Waals surface area (Å²) >= 11 is 1.83. The zero-order chi connectivity index (χ0) is 11.6. The quantitative estimate of drug-likeness (QED) is 0.466. The van der Waals surface area contributed by atoms with Crippen molar-refractivity contribution in [1.29, 1.82) is 0 Å². The minimum Gasteiger partial charge on any atom is -0.465 e. The molecule has 0 heterocycles. The summed E-state index contributed by atoms with van der Waals surface area (Å²) in [6.07, 6.45) is 0.